The van der Waals surface area contributed by atoms with E-state index < -0.39 is 11.5 Å². The van der Waals surface area contributed by atoms with E-state index in [-0.39, 0.29) is 37.9 Å². The van der Waals surface area contributed by atoms with Gasteiger partial charge in [0.05, 0.1) is 13.0 Å². The molecular formula is C27H30N2O4S. The van der Waals surface area contributed by atoms with Gasteiger partial charge in [-0.2, -0.15) is 0 Å². The Morgan fingerprint density at radius 3 is 2.65 bits per heavy atom. The molecule has 0 aliphatic carbocycles. The number of carbonyl (C=O) groups is 3. The monoisotopic (exact) mass is 478 g/mol. The van der Waals surface area contributed by atoms with E-state index in [0.29, 0.717) is 13.0 Å². The molecule has 3 aromatic rings. The van der Waals surface area contributed by atoms with Crippen LogP contribution in [0.1, 0.15) is 37.0 Å². The predicted molar refractivity (Wildman–Crippen MR) is 133 cm³/mol. The second-order valence-corrected chi connectivity index (χ2v) is 9.87. The summed E-state index contributed by atoms with van der Waals surface area (Å²) in [6.07, 6.45) is 0.817. The van der Waals surface area contributed by atoms with Crippen LogP contribution in [0.15, 0.2) is 53.9 Å². The van der Waals surface area contributed by atoms with Gasteiger partial charge in [0.2, 0.25) is 11.8 Å². The molecule has 34 heavy (non-hydrogen) atoms. The summed E-state index contributed by atoms with van der Waals surface area (Å²) in [4.78, 5) is 42.5. The minimum Gasteiger partial charge on any atom is -0.465 e. The Labute approximate surface area is 204 Å². The molecule has 7 heteroatoms. The number of hydrogen-bond acceptors (Lipinski definition) is 5. The number of hydrogen-bond donors (Lipinski definition) is 0. The fraction of sp³-hybridized carbons (Fsp3) is 0.370. The second-order valence-electron chi connectivity index (χ2n) is 8.96. The average molecular weight is 479 g/mol. The van der Waals surface area contributed by atoms with E-state index in [1.807, 2.05) is 60.8 Å². The Morgan fingerprint density at radius 2 is 1.94 bits per heavy atom. The van der Waals surface area contributed by atoms with E-state index in [1.54, 1.807) is 30.1 Å². The zero-order chi connectivity index (χ0) is 24.3. The van der Waals surface area contributed by atoms with Crippen molar-refractivity contribution >= 4 is 39.2 Å². The Kier molecular flexibility index (Phi) is 7.03. The van der Waals surface area contributed by atoms with Crippen LogP contribution in [-0.2, 0) is 32.1 Å². The van der Waals surface area contributed by atoms with E-state index in [4.69, 9.17) is 4.74 Å². The topological polar surface area (TPSA) is 66.9 Å². The first-order valence-corrected chi connectivity index (χ1v) is 12.5. The molecule has 1 aliphatic rings. The zero-order valence-corrected chi connectivity index (χ0v) is 20.7. The van der Waals surface area contributed by atoms with Crippen LogP contribution in [0.2, 0.25) is 0 Å². The quantitative estimate of drug-likeness (QED) is 0.452. The van der Waals surface area contributed by atoms with E-state index in [0.717, 1.165) is 26.8 Å². The minimum absolute atomic E-state index is 0.0720. The lowest BCUT2D eigenvalue weighted by molar-refractivity contribution is -0.166. The molecule has 1 fully saturated rings. The summed E-state index contributed by atoms with van der Waals surface area (Å²) in [6.45, 7) is 6.45. The third-order valence-electron chi connectivity index (χ3n) is 6.45. The van der Waals surface area contributed by atoms with Crippen LogP contribution in [0.25, 0.3) is 10.1 Å². The summed E-state index contributed by atoms with van der Waals surface area (Å²) < 4.78 is 6.27. The molecule has 0 bridgehead atoms. The number of aryl methyl sites for hydroxylation is 1. The summed E-state index contributed by atoms with van der Waals surface area (Å²) >= 11 is 1.62. The smallest absolute Gasteiger partial charge is 0.325 e. The van der Waals surface area contributed by atoms with Crippen molar-refractivity contribution in [1.29, 1.82) is 0 Å². The third-order valence-corrected chi connectivity index (χ3v) is 7.46. The normalized spacial score (nSPS) is 17.3. The number of benzene rings is 2. The Hall–Kier alpha value is -3.19. The highest BCUT2D eigenvalue weighted by Crippen LogP contribution is 2.35. The van der Waals surface area contributed by atoms with Crippen LogP contribution in [0.4, 0.5) is 0 Å². The van der Waals surface area contributed by atoms with E-state index in [9.17, 15) is 14.4 Å². The Balaban J connectivity index is 1.53. The number of thiophene rings is 1. The summed E-state index contributed by atoms with van der Waals surface area (Å²) in [5.74, 6) is -0.747. The van der Waals surface area contributed by atoms with Crippen molar-refractivity contribution in [2.75, 3.05) is 19.7 Å². The second kappa shape index (κ2) is 9.97. The molecule has 1 saturated heterocycles. The molecular weight excluding hydrogens is 448 g/mol. The molecule has 2 aromatic carbocycles. The van der Waals surface area contributed by atoms with Gasteiger partial charge < -0.3 is 14.5 Å². The number of rotatable bonds is 8. The minimum atomic E-state index is -0.973. The van der Waals surface area contributed by atoms with Gasteiger partial charge >= 0.3 is 5.97 Å². The van der Waals surface area contributed by atoms with Gasteiger partial charge in [-0.25, -0.2) is 0 Å². The number of esters is 1. The number of ether oxygens (including phenoxy) is 1. The lowest BCUT2D eigenvalue weighted by Crippen LogP contribution is -2.68. The SMILES string of the molecule is CCOC(=O)CN(Cc1cccc(C)c1)C(=O)C1(C)CCN1C(=O)Cc1csc2ccccc12. The summed E-state index contributed by atoms with van der Waals surface area (Å²) in [6, 6.07) is 15.9. The van der Waals surface area contributed by atoms with Crippen LogP contribution in [0, 0.1) is 6.92 Å². The van der Waals surface area contributed by atoms with Crippen LogP contribution in [0.3, 0.4) is 0 Å². The molecule has 1 aliphatic heterocycles. The lowest BCUT2D eigenvalue weighted by Gasteiger charge is -2.50. The van der Waals surface area contributed by atoms with Gasteiger partial charge in [0.1, 0.15) is 12.1 Å². The maximum atomic E-state index is 13.7. The molecule has 0 N–H and O–H groups in total. The van der Waals surface area contributed by atoms with Crippen molar-refractivity contribution < 1.29 is 19.1 Å². The number of carbonyl (C=O) groups excluding carboxylic acids is 3. The number of fused-ring (bicyclic) bond motifs is 1. The molecule has 1 aromatic heterocycles. The van der Waals surface area contributed by atoms with Crippen molar-refractivity contribution in [2.45, 2.75) is 45.7 Å². The molecule has 6 nitrogen and oxygen atoms in total. The van der Waals surface area contributed by atoms with Gasteiger partial charge in [-0.1, -0.05) is 48.0 Å². The summed E-state index contributed by atoms with van der Waals surface area (Å²) in [5, 5.41) is 3.10. The molecule has 1 unspecified atom stereocenters. The summed E-state index contributed by atoms with van der Waals surface area (Å²) in [5.41, 5.74) is 2.02. The van der Waals surface area contributed by atoms with Crippen LogP contribution in [0.5, 0.6) is 0 Å². The molecule has 0 spiro atoms. The van der Waals surface area contributed by atoms with E-state index >= 15 is 0 Å². The van der Waals surface area contributed by atoms with Crippen molar-refractivity contribution in [3.63, 3.8) is 0 Å². The molecule has 2 heterocycles. The molecule has 0 radical (unpaired) electrons. The van der Waals surface area contributed by atoms with Crippen molar-refractivity contribution in [3.05, 3.63) is 70.6 Å². The maximum Gasteiger partial charge on any atom is 0.325 e. The van der Waals surface area contributed by atoms with Gasteiger partial charge in [0.25, 0.3) is 0 Å². The van der Waals surface area contributed by atoms with Crippen molar-refractivity contribution in [2.24, 2.45) is 0 Å². The molecule has 4 rings (SSSR count). The van der Waals surface area contributed by atoms with Crippen molar-refractivity contribution in [3.8, 4) is 0 Å². The van der Waals surface area contributed by atoms with Gasteiger partial charge in [-0.3, -0.25) is 14.4 Å². The van der Waals surface area contributed by atoms with Gasteiger partial charge in [-0.15, -0.1) is 11.3 Å². The van der Waals surface area contributed by atoms with Gasteiger partial charge in [0.15, 0.2) is 0 Å². The highest BCUT2D eigenvalue weighted by Gasteiger charge is 2.51. The average Bonchev–Trinajstić information content (AvgIpc) is 3.20. The standard InChI is InChI=1S/C27H30N2O4S/c1-4-33-25(31)17-28(16-20-9-7-8-19(2)14-20)26(32)27(3)12-13-29(27)24(30)15-21-18-34-23-11-6-5-10-22(21)23/h5-11,14,18H,4,12-13,15-17H2,1-3H3. The van der Waals surface area contributed by atoms with Crippen LogP contribution >= 0.6 is 11.3 Å². The van der Waals surface area contributed by atoms with E-state index in [1.165, 1.54) is 4.90 Å². The highest BCUT2D eigenvalue weighted by molar-refractivity contribution is 7.17. The Bertz CT molecular complexity index is 1220. The number of likely N-dealkylation sites (tertiary alicyclic amines) is 1. The fourth-order valence-corrected chi connectivity index (χ4v) is 5.51. The number of amides is 2. The van der Waals surface area contributed by atoms with Gasteiger partial charge in [0, 0.05) is 17.8 Å². The molecule has 1 atom stereocenters. The molecule has 0 saturated carbocycles. The third kappa shape index (κ3) is 4.85. The fourth-order valence-electron chi connectivity index (χ4n) is 4.54. The van der Waals surface area contributed by atoms with Crippen molar-refractivity contribution in [1.82, 2.24) is 9.80 Å². The zero-order valence-electron chi connectivity index (χ0n) is 19.9. The van der Waals surface area contributed by atoms with Crippen LogP contribution < -0.4 is 0 Å². The first-order valence-electron chi connectivity index (χ1n) is 11.6. The van der Waals surface area contributed by atoms with E-state index in [2.05, 4.69) is 0 Å². The summed E-state index contributed by atoms with van der Waals surface area (Å²) in [7, 11) is 0. The number of nitrogens with zero attached hydrogens (tertiary/aromatic N) is 2. The lowest BCUT2D eigenvalue weighted by atomic mass is 9.84. The largest absolute Gasteiger partial charge is 0.465 e. The van der Waals surface area contributed by atoms with Gasteiger partial charge in [-0.05, 0) is 55.2 Å². The predicted octanol–water partition coefficient (Wildman–Crippen LogP) is 4.34. The highest BCUT2D eigenvalue weighted by atomic mass is 32.1. The Morgan fingerprint density at radius 1 is 1.15 bits per heavy atom. The maximum absolute atomic E-state index is 13.7. The first-order chi connectivity index (χ1) is 16.3. The van der Waals surface area contributed by atoms with Crippen LogP contribution in [-0.4, -0.2) is 52.8 Å². The molecule has 2 amide bonds. The first kappa shape index (κ1) is 24.0. The molecule has 178 valence electrons.